The number of halogens is 1. The largest absolute Gasteiger partial charge is 0.321 e. The Morgan fingerprint density at radius 3 is 2.88 bits per heavy atom. The summed E-state index contributed by atoms with van der Waals surface area (Å²) in [5, 5.41) is 6.22. The summed E-state index contributed by atoms with van der Waals surface area (Å²) >= 11 is 5.53. The van der Waals surface area contributed by atoms with Crippen molar-refractivity contribution < 1.29 is 9.18 Å². The molecule has 0 spiro atoms. The Balaban J connectivity index is 2.24. The van der Waals surface area contributed by atoms with Crippen LogP contribution in [0.25, 0.3) is 0 Å². The molecule has 82 valence electrons. The minimum atomic E-state index is -0.550. The van der Waals surface area contributed by atoms with Crippen LogP contribution in [0.3, 0.4) is 0 Å². The van der Waals surface area contributed by atoms with Gasteiger partial charge in [0.15, 0.2) is 0 Å². The molecule has 5 heteroatoms. The van der Waals surface area contributed by atoms with Crippen molar-refractivity contribution in [3.63, 3.8) is 0 Å². The topological polar surface area (TPSA) is 29.1 Å². The van der Waals surface area contributed by atoms with Crippen molar-refractivity contribution >= 4 is 35.6 Å². The van der Waals surface area contributed by atoms with Gasteiger partial charge in [-0.1, -0.05) is 0 Å². The lowest BCUT2D eigenvalue weighted by Gasteiger charge is -2.04. The summed E-state index contributed by atoms with van der Waals surface area (Å²) in [5.74, 6) is -1.02. The van der Waals surface area contributed by atoms with Crippen molar-refractivity contribution in [2.24, 2.45) is 0 Å². The normalized spacial score (nSPS) is 10.1. The van der Waals surface area contributed by atoms with E-state index < -0.39 is 11.7 Å². The van der Waals surface area contributed by atoms with Gasteiger partial charge in [0, 0.05) is 10.3 Å². The van der Waals surface area contributed by atoms with Crippen LogP contribution in [0.4, 0.5) is 10.1 Å². The van der Waals surface area contributed by atoms with Gasteiger partial charge >= 0.3 is 0 Å². The first kappa shape index (κ1) is 11.2. The van der Waals surface area contributed by atoms with Crippen molar-refractivity contribution in [3.05, 3.63) is 46.4 Å². The van der Waals surface area contributed by atoms with Gasteiger partial charge in [-0.15, -0.1) is 12.6 Å². The maximum absolute atomic E-state index is 13.4. The van der Waals surface area contributed by atoms with Crippen molar-refractivity contribution in [2.45, 2.75) is 4.90 Å². The van der Waals surface area contributed by atoms with Gasteiger partial charge in [0.1, 0.15) is 5.82 Å². The first-order chi connectivity index (χ1) is 7.66. The third-order valence-electron chi connectivity index (χ3n) is 1.97. The standard InChI is InChI=1S/C11H8FNOS2/c12-10-2-1-8(15)5-9(10)11(14)13-7-3-4-16-6-7/h1-6,15H,(H,13,14). The van der Waals surface area contributed by atoms with Crippen LogP contribution in [-0.4, -0.2) is 5.91 Å². The lowest BCUT2D eigenvalue weighted by atomic mass is 10.2. The van der Waals surface area contributed by atoms with Crippen LogP contribution in [0, 0.1) is 5.82 Å². The number of thiophene rings is 1. The zero-order valence-electron chi connectivity index (χ0n) is 8.11. The summed E-state index contributed by atoms with van der Waals surface area (Å²) in [6, 6.07) is 5.88. The quantitative estimate of drug-likeness (QED) is 0.789. The molecular formula is C11H8FNOS2. The lowest BCUT2D eigenvalue weighted by Crippen LogP contribution is -2.13. The lowest BCUT2D eigenvalue weighted by molar-refractivity contribution is 0.102. The van der Waals surface area contributed by atoms with Crippen LogP contribution in [-0.2, 0) is 0 Å². The highest BCUT2D eigenvalue weighted by atomic mass is 32.1. The highest BCUT2D eigenvalue weighted by molar-refractivity contribution is 7.80. The molecule has 2 aromatic rings. The number of carbonyl (C=O) groups excluding carboxylic acids is 1. The maximum Gasteiger partial charge on any atom is 0.258 e. The Hall–Kier alpha value is -1.33. The fourth-order valence-electron chi connectivity index (χ4n) is 1.22. The molecule has 2 rings (SSSR count). The molecule has 1 N–H and O–H groups in total. The number of anilines is 1. The average molecular weight is 253 g/mol. The SMILES string of the molecule is O=C(Nc1ccsc1)c1cc(S)ccc1F. The van der Waals surface area contributed by atoms with Crippen molar-refractivity contribution in [1.82, 2.24) is 0 Å². The van der Waals surface area contributed by atoms with Gasteiger partial charge < -0.3 is 5.32 Å². The van der Waals surface area contributed by atoms with Crippen molar-refractivity contribution in [2.75, 3.05) is 5.32 Å². The van der Waals surface area contributed by atoms with Crippen LogP contribution in [0.1, 0.15) is 10.4 Å². The molecule has 0 saturated carbocycles. The molecule has 0 bridgehead atoms. The molecule has 2 nitrogen and oxygen atoms in total. The Kier molecular flexibility index (Phi) is 3.26. The van der Waals surface area contributed by atoms with Gasteiger partial charge in [-0.2, -0.15) is 11.3 Å². The summed E-state index contributed by atoms with van der Waals surface area (Å²) < 4.78 is 13.4. The molecule has 0 aliphatic heterocycles. The first-order valence-corrected chi connectivity index (χ1v) is 5.88. The molecule has 0 aliphatic rings. The van der Waals surface area contributed by atoms with Crippen LogP contribution < -0.4 is 5.32 Å². The fourth-order valence-corrected chi connectivity index (χ4v) is 2.01. The van der Waals surface area contributed by atoms with Gasteiger partial charge in [-0.05, 0) is 29.6 Å². The molecule has 1 aromatic carbocycles. The molecule has 1 aromatic heterocycles. The van der Waals surface area contributed by atoms with Gasteiger partial charge in [-0.25, -0.2) is 4.39 Å². The number of benzene rings is 1. The molecule has 0 aliphatic carbocycles. The fraction of sp³-hybridized carbons (Fsp3) is 0. The number of nitrogens with one attached hydrogen (secondary N) is 1. The van der Waals surface area contributed by atoms with E-state index in [1.165, 1.54) is 29.5 Å². The van der Waals surface area contributed by atoms with E-state index in [0.29, 0.717) is 10.6 Å². The monoisotopic (exact) mass is 253 g/mol. The average Bonchev–Trinajstić information content (AvgIpc) is 2.74. The highest BCUT2D eigenvalue weighted by Crippen LogP contribution is 2.17. The van der Waals surface area contributed by atoms with Crippen LogP contribution in [0.2, 0.25) is 0 Å². The predicted octanol–water partition coefficient (Wildman–Crippen LogP) is 3.43. The Morgan fingerprint density at radius 2 is 2.19 bits per heavy atom. The van der Waals surface area contributed by atoms with Crippen LogP contribution in [0.15, 0.2) is 39.9 Å². The molecule has 1 amide bonds. The van der Waals surface area contributed by atoms with Gasteiger partial charge in [-0.3, -0.25) is 4.79 Å². The number of amides is 1. The third kappa shape index (κ3) is 2.43. The van der Waals surface area contributed by atoms with E-state index >= 15 is 0 Å². The highest BCUT2D eigenvalue weighted by Gasteiger charge is 2.12. The second-order valence-electron chi connectivity index (χ2n) is 3.13. The summed E-state index contributed by atoms with van der Waals surface area (Å²) in [6.07, 6.45) is 0. The number of thiol groups is 1. The Bertz CT molecular complexity index is 511. The second kappa shape index (κ2) is 4.67. The number of carbonyl (C=O) groups is 1. The van der Waals surface area contributed by atoms with Gasteiger partial charge in [0.2, 0.25) is 0 Å². The summed E-state index contributed by atoms with van der Waals surface area (Å²) in [4.78, 5) is 12.3. The molecular weight excluding hydrogens is 245 g/mol. The zero-order chi connectivity index (χ0) is 11.5. The van der Waals surface area contributed by atoms with E-state index in [2.05, 4.69) is 17.9 Å². The molecule has 0 atom stereocenters. The van der Waals surface area contributed by atoms with Gasteiger partial charge in [0.05, 0.1) is 11.3 Å². The van der Waals surface area contributed by atoms with E-state index in [9.17, 15) is 9.18 Å². The van der Waals surface area contributed by atoms with Crippen LogP contribution >= 0.6 is 24.0 Å². The maximum atomic E-state index is 13.4. The third-order valence-corrected chi connectivity index (χ3v) is 2.94. The summed E-state index contributed by atoms with van der Waals surface area (Å²) in [6.45, 7) is 0. The van der Waals surface area contributed by atoms with E-state index in [0.717, 1.165) is 0 Å². The smallest absolute Gasteiger partial charge is 0.258 e. The van der Waals surface area contributed by atoms with E-state index in [-0.39, 0.29) is 5.56 Å². The predicted molar refractivity (Wildman–Crippen MR) is 65.9 cm³/mol. The van der Waals surface area contributed by atoms with Crippen molar-refractivity contribution in [3.8, 4) is 0 Å². The summed E-state index contributed by atoms with van der Waals surface area (Å²) in [7, 11) is 0. The molecule has 0 radical (unpaired) electrons. The zero-order valence-corrected chi connectivity index (χ0v) is 9.82. The molecule has 0 unspecified atom stereocenters. The molecule has 0 fully saturated rings. The van der Waals surface area contributed by atoms with E-state index in [1.54, 1.807) is 11.4 Å². The van der Waals surface area contributed by atoms with Gasteiger partial charge in [0.25, 0.3) is 5.91 Å². The van der Waals surface area contributed by atoms with Crippen LogP contribution in [0.5, 0.6) is 0 Å². The molecule has 16 heavy (non-hydrogen) atoms. The first-order valence-electron chi connectivity index (χ1n) is 4.49. The second-order valence-corrected chi connectivity index (χ2v) is 4.43. The number of hydrogen-bond donors (Lipinski definition) is 2. The Labute approximate surface area is 102 Å². The summed E-state index contributed by atoms with van der Waals surface area (Å²) in [5.41, 5.74) is 0.665. The molecule has 1 heterocycles. The minimum absolute atomic E-state index is 0.00120. The minimum Gasteiger partial charge on any atom is -0.321 e. The Morgan fingerprint density at radius 1 is 1.38 bits per heavy atom. The van der Waals surface area contributed by atoms with E-state index in [1.807, 2.05) is 5.38 Å². The number of rotatable bonds is 2. The molecule has 0 saturated heterocycles. The van der Waals surface area contributed by atoms with Crippen molar-refractivity contribution in [1.29, 1.82) is 0 Å². The van der Waals surface area contributed by atoms with E-state index in [4.69, 9.17) is 0 Å². The number of hydrogen-bond acceptors (Lipinski definition) is 3.